The highest BCUT2D eigenvalue weighted by Crippen LogP contribution is 2.72. The van der Waals surface area contributed by atoms with Crippen LogP contribution in [0.4, 0.5) is 4.39 Å². The van der Waals surface area contributed by atoms with Gasteiger partial charge in [-0.1, -0.05) is 103 Å². The summed E-state index contributed by atoms with van der Waals surface area (Å²) in [6.07, 6.45) is 20.0. The Hall–Kier alpha value is -1.90. The van der Waals surface area contributed by atoms with Gasteiger partial charge < -0.3 is 19.3 Å². The predicted molar refractivity (Wildman–Crippen MR) is 183 cm³/mol. The fourth-order valence-corrected chi connectivity index (χ4v) is 10.4. The van der Waals surface area contributed by atoms with Crippen LogP contribution in [0, 0.1) is 22.7 Å². The van der Waals surface area contributed by atoms with Crippen LogP contribution in [-0.4, -0.2) is 58.5 Å². The predicted octanol–water partition coefficient (Wildman–Crippen LogP) is 8.45. The van der Waals surface area contributed by atoms with Gasteiger partial charge >= 0.3 is 5.97 Å². The van der Waals surface area contributed by atoms with E-state index >= 15 is 4.39 Å². The molecule has 0 aromatic rings. The summed E-state index contributed by atoms with van der Waals surface area (Å²) in [5.74, 6) is -2.90. The number of aliphatic hydroxyl groups is 1. The number of rotatable bonds is 17. The van der Waals surface area contributed by atoms with E-state index in [0.717, 1.165) is 19.3 Å². The molecule has 0 unspecified atom stereocenters. The van der Waals surface area contributed by atoms with Crippen LogP contribution in [0.1, 0.15) is 150 Å². The van der Waals surface area contributed by atoms with Crippen molar-refractivity contribution in [1.82, 2.24) is 0 Å². The van der Waals surface area contributed by atoms with Crippen molar-refractivity contribution >= 4 is 17.5 Å². The average molecular weight is 673 g/mol. The number of hydrogen-bond acceptors (Lipinski definition) is 7. The number of Topliss-reactive ketones (excluding diaryl/α,β-unsaturated/α-hetero) is 1. The van der Waals surface area contributed by atoms with E-state index in [1.54, 1.807) is 26.8 Å². The van der Waals surface area contributed by atoms with Crippen LogP contribution >= 0.6 is 0 Å². The van der Waals surface area contributed by atoms with E-state index in [2.05, 4.69) is 6.92 Å². The molecule has 5 rings (SSSR count). The number of esters is 1. The van der Waals surface area contributed by atoms with E-state index in [0.29, 0.717) is 24.8 Å². The summed E-state index contributed by atoms with van der Waals surface area (Å²) in [7, 11) is 0. The highest BCUT2D eigenvalue weighted by atomic mass is 19.1. The lowest BCUT2D eigenvalue weighted by atomic mass is 9.44. The number of fused-ring (bicyclic) bond motifs is 7. The molecule has 7 nitrogen and oxygen atoms in total. The van der Waals surface area contributed by atoms with Crippen LogP contribution in [-0.2, 0) is 28.6 Å². The number of ketones is 2. The van der Waals surface area contributed by atoms with Crippen molar-refractivity contribution in [3.63, 3.8) is 0 Å². The Labute approximate surface area is 287 Å². The number of hydrogen-bond donors (Lipinski definition) is 1. The van der Waals surface area contributed by atoms with Crippen LogP contribution in [0.2, 0.25) is 0 Å². The molecule has 3 saturated carbocycles. The van der Waals surface area contributed by atoms with E-state index in [4.69, 9.17) is 14.2 Å². The van der Waals surface area contributed by atoms with Gasteiger partial charge in [0.25, 0.3) is 0 Å². The highest BCUT2D eigenvalue weighted by Gasteiger charge is 2.80. The second-order valence-electron chi connectivity index (χ2n) is 16.4. The van der Waals surface area contributed by atoms with Gasteiger partial charge in [-0.15, -0.1) is 0 Å². The molecule has 5 aliphatic rings. The van der Waals surface area contributed by atoms with Crippen LogP contribution in [0.5, 0.6) is 0 Å². The molecular weight excluding hydrogens is 611 g/mol. The van der Waals surface area contributed by atoms with Gasteiger partial charge in [-0.05, 0) is 70.9 Å². The van der Waals surface area contributed by atoms with Gasteiger partial charge in [0, 0.05) is 23.2 Å². The summed E-state index contributed by atoms with van der Waals surface area (Å²) in [4.78, 5) is 39.2. The van der Waals surface area contributed by atoms with Gasteiger partial charge in [0.2, 0.25) is 5.78 Å². The van der Waals surface area contributed by atoms with Gasteiger partial charge in [0.15, 0.2) is 29.4 Å². The fraction of sp³-hybridized carbons (Fsp3) is 0.825. The smallest absolute Gasteiger partial charge is 0.306 e. The molecule has 0 radical (unpaired) electrons. The van der Waals surface area contributed by atoms with E-state index < -0.39 is 58.6 Å². The van der Waals surface area contributed by atoms with Gasteiger partial charge in [-0.2, -0.15) is 0 Å². The number of aliphatic hydroxyl groups excluding tert-OH is 1. The second-order valence-corrected chi connectivity index (χ2v) is 16.4. The van der Waals surface area contributed by atoms with E-state index in [1.807, 2.05) is 6.92 Å². The van der Waals surface area contributed by atoms with Crippen LogP contribution in [0.25, 0.3) is 0 Å². The molecule has 4 aliphatic carbocycles. The summed E-state index contributed by atoms with van der Waals surface area (Å²) >= 11 is 0. The minimum Gasteiger partial charge on any atom is -0.458 e. The molecule has 0 spiro atoms. The molecule has 1 saturated heterocycles. The summed E-state index contributed by atoms with van der Waals surface area (Å²) in [6, 6.07) is 0. The maximum atomic E-state index is 17.6. The van der Waals surface area contributed by atoms with Crippen molar-refractivity contribution in [2.24, 2.45) is 22.7 Å². The molecule has 270 valence electrons. The van der Waals surface area contributed by atoms with Crippen molar-refractivity contribution in [3.05, 3.63) is 23.8 Å². The molecule has 48 heavy (non-hydrogen) atoms. The molecule has 1 heterocycles. The second kappa shape index (κ2) is 14.8. The van der Waals surface area contributed by atoms with Crippen molar-refractivity contribution < 1.29 is 38.1 Å². The zero-order valence-corrected chi connectivity index (χ0v) is 30.3. The van der Waals surface area contributed by atoms with Gasteiger partial charge in [-0.3, -0.25) is 14.4 Å². The largest absolute Gasteiger partial charge is 0.458 e. The quantitative estimate of drug-likeness (QED) is 0.122. The monoisotopic (exact) mass is 672 g/mol. The van der Waals surface area contributed by atoms with Crippen molar-refractivity contribution in [2.75, 3.05) is 6.61 Å². The van der Waals surface area contributed by atoms with Crippen molar-refractivity contribution in [3.8, 4) is 0 Å². The topological polar surface area (TPSA) is 99.1 Å². The maximum absolute atomic E-state index is 17.6. The Morgan fingerprint density at radius 2 is 1.54 bits per heavy atom. The van der Waals surface area contributed by atoms with Crippen LogP contribution in [0.3, 0.4) is 0 Å². The lowest BCUT2D eigenvalue weighted by Gasteiger charge is -2.62. The Morgan fingerprint density at radius 3 is 2.17 bits per heavy atom. The lowest BCUT2D eigenvalue weighted by molar-refractivity contribution is -0.246. The Morgan fingerprint density at radius 1 is 0.938 bits per heavy atom. The third-order valence-corrected chi connectivity index (χ3v) is 12.9. The van der Waals surface area contributed by atoms with Gasteiger partial charge in [-0.25, -0.2) is 4.39 Å². The summed E-state index contributed by atoms with van der Waals surface area (Å²) in [6.45, 7) is 9.04. The van der Waals surface area contributed by atoms with E-state index in [9.17, 15) is 19.5 Å². The number of alkyl halides is 1. The molecule has 8 atom stereocenters. The molecule has 1 aliphatic heterocycles. The number of unbranched alkanes of at least 4 members (excludes halogenated alkanes) is 12. The maximum Gasteiger partial charge on any atom is 0.306 e. The number of allylic oxidation sites excluding steroid dienone is 4. The van der Waals surface area contributed by atoms with Crippen molar-refractivity contribution in [1.29, 1.82) is 0 Å². The van der Waals surface area contributed by atoms with Gasteiger partial charge in [0.05, 0.1) is 12.2 Å². The minimum atomic E-state index is -2.02. The van der Waals surface area contributed by atoms with E-state index in [-0.39, 0.29) is 30.3 Å². The zero-order chi connectivity index (χ0) is 34.8. The molecular formula is C40H61FO7. The zero-order valence-electron chi connectivity index (χ0n) is 30.3. The molecule has 4 fully saturated rings. The van der Waals surface area contributed by atoms with Gasteiger partial charge in [0.1, 0.15) is 0 Å². The SMILES string of the molecule is CCCCCCCCCCCCCCCC(=O)OCC(=O)[C@]12OC(C)(C)O[C@@H]1C[C@@H]1[C@H]3CCC4=CC(=O)C=C[C@]4(C)[C@]3(F)[C@@H](O)C[C@@]12C. The first-order chi connectivity index (χ1) is 22.7. The number of halogens is 1. The number of ether oxygens (including phenoxy) is 3. The first kappa shape index (κ1) is 37.4. The summed E-state index contributed by atoms with van der Waals surface area (Å²) < 4.78 is 36.1. The minimum absolute atomic E-state index is 0.0100. The Bertz CT molecular complexity index is 1260. The fourth-order valence-electron chi connectivity index (χ4n) is 10.4. The Balaban J connectivity index is 1.15. The number of carbonyl (C=O) groups is 3. The molecule has 0 bridgehead atoms. The first-order valence-electron chi connectivity index (χ1n) is 19.1. The standard InChI is InChI=1S/C40H61FO7/c1-6-7-8-9-10-11-12-13-14-15-16-17-18-19-35(45)46-27-33(44)40-34(47-36(2,3)48-40)25-31-30-21-20-28-24-29(42)22-23-37(28,4)39(30,41)32(43)26-38(31,40)5/h22-24,30-32,34,43H,6-21,25-27H2,1-5H3/t30-,31-,32+,34-,37+,38+,39-,40+/m1/s1. The lowest BCUT2D eigenvalue weighted by Crippen LogP contribution is -2.70. The normalized spacial score (nSPS) is 37.7. The van der Waals surface area contributed by atoms with E-state index in [1.165, 1.54) is 76.4 Å². The molecule has 1 N–H and O–H groups in total. The first-order valence-corrected chi connectivity index (χ1v) is 19.1. The molecule has 0 amide bonds. The molecule has 0 aromatic carbocycles. The third kappa shape index (κ3) is 6.64. The number of carbonyl (C=O) groups excluding carboxylic acids is 3. The van der Waals surface area contributed by atoms with Crippen molar-refractivity contribution in [2.45, 2.75) is 179 Å². The summed E-state index contributed by atoms with van der Waals surface area (Å²) in [5, 5.41) is 11.7. The average Bonchev–Trinajstić information content (AvgIpc) is 3.44. The Kier molecular flexibility index (Phi) is 11.5. The third-order valence-electron chi connectivity index (χ3n) is 12.9. The highest BCUT2D eigenvalue weighted by molar-refractivity contribution is 6.01. The molecule has 8 heteroatoms. The molecule has 0 aromatic heterocycles. The van der Waals surface area contributed by atoms with Crippen LogP contribution < -0.4 is 0 Å². The van der Waals surface area contributed by atoms with Crippen LogP contribution in [0.15, 0.2) is 23.8 Å². The summed E-state index contributed by atoms with van der Waals surface area (Å²) in [5.41, 5.74) is -4.85.